The number of rotatable bonds is 3. The zero-order valence-corrected chi connectivity index (χ0v) is 9.61. The third kappa shape index (κ3) is 2.72. The normalized spacial score (nSPS) is 10.1. The number of aryl methyl sites for hydroxylation is 1. The summed E-state index contributed by atoms with van der Waals surface area (Å²) in [6, 6.07) is 9.88. The van der Waals surface area contributed by atoms with E-state index in [-0.39, 0.29) is 5.88 Å². The van der Waals surface area contributed by atoms with E-state index >= 15 is 0 Å². The Morgan fingerprint density at radius 1 is 1.12 bits per heavy atom. The molecule has 0 aliphatic rings. The van der Waals surface area contributed by atoms with Crippen molar-refractivity contribution in [1.82, 2.24) is 4.98 Å². The van der Waals surface area contributed by atoms with Crippen LogP contribution in [0.4, 0.5) is 4.39 Å². The molecule has 1 aromatic carbocycles. The van der Waals surface area contributed by atoms with E-state index in [0.29, 0.717) is 11.5 Å². The molecule has 0 aliphatic carbocycles. The van der Waals surface area contributed by atoms with Crippen LogP contribution in [0, 0.1) is 12.9 Å². The van der Waals surface area contributed by atoms with Gasteiger partial charge >= 0.3 is 0 Å². The molecule has 17 heavy (non-hydrogen) atoms. The van der Waals surface area contributed by atoms with Crippen molar-refractivity contribution in [2.24, 2.45) is 0 Å². The third-order valence-corrected chi connectivity index (χ3v) is 2.22. The largest absolute Gasteiger partial charge is 0.493 e. The van der Waals surface area contributed by atoms with Crippen LogP contribution in [0.15, 0.2) is 36.4 Å². The van der Waals surface area contributed by atoms with Crippen LogP contribution in [0.25, 0.3) is 0 Å². The molecule has 0 N–H and O–H groups in total. The van der Waals surface area contributed by atoms with Crippen LogP contribution < -0.4 is 9.47 Å². The number of benzene rings is 1. The highest BCUT2D eigenvalue weighted by atomic mass is 19.1. The zero-order valence-electron chi connectivity index (χ0n) is 9.61. The molecule has 0 atom stereocenters. The van der Waals surface area contributed by atoms with Gasteiger partial charge < -0.3 is 9.47 Å². The Labute approximate surface area is 98.8 Å². The first-order valence-corrected chi connectivity index (χ1v) is 5.14. The second-order valence-electron chi connectivity index (χ2n) is 3.55. The summed E-state index contributed by atoms with van der Waals surface area (Å²) in [5.74, 6) is 0.730. The number of hydrogen-bond donors (Lipinski definition) is 0. The molecule has 4 heteroatoms. The van der Waals surface area contributed by atoms with Crippen molar-refractivity contribution < 1.29 is 13.9 Å². The van der Waals surface area contributed by atoms with E-state index in [9.17, 15) is 4.39 Å². The van der Waals surface area contributed by atoms with Gasteiger partial charge in [-0.25, -0.2) is 0 Å². The number of halogens is 1. The molecule has 0 amide bonds. The van der Waals surface area contributed by atoms with E-state index in [1.54, 1.807) is 25.3 Å². The summed E-state index contributed by atoms with van der Waals surface area (Å²) in [5, 5.41) is 0. The molecule has 2 aromatic rings. The summed E-state index contributed by atoms with van der Waals surface area (Å²) in [6.45, 7) is 1.95. The minimum atomic E-state index is -0.575. The summed E-state index contributed by atoms with van der Waals surface area (Å²) in [5.41, 5.74) is 1.06. The lowest BCUT2D eigenvalue weighted by atomic mass is 10.2. The molecule has 0 radical (unpaired) electrons. The minimum Gasteiger partial charge on any atom is -0.493 e. The van der Waals surface area contributed by atoms with E-state index in [1.165, 1.54) is 6.07 Å². The lowest BCUT2D eigenvalue weighted by molar-refractivity contribution is 0.371. The second kappa shape index (κ2) is 4.82. The highest BCUT2D eigenvalue weighted by Crippen LogP contribution is 2.31. The fraction of sp³-hybridized carbons (Fsp3) is 0.154. The Morgan fingerprint density at radius 3 is 2.65 bits per heavy atom. The molecule has 0 unspecified atom stereocenters. The molecule has 3 nitrogen and oxygen atoms in total. The maximum atomic E-state index is 12.9. The average Bonchev–Trinajstić information content (AvgIpc) is 2.31. The maximum Gasteiger partial charge on any atom is 0.222 e. The topological polar surface area (TPSA) is 31.4 Å². The first kappa shape index (κ1) is 11.4. The molecular formula is C13H12FNO2. The molecule has 1 heterocycles. The maximum absolute atomic E-state index is 12.9. The standard InChI is InChI=1S/C13H12FNO2/c1-9-6-7-10(11(8-9)16-2)17-13-5-3-4-12(14)15-13/h3-8H,1-2H3. The highest BCUT2D eigenvalue weighted by molar-refractivity contribution is 5.44. The van der Waals surface area contributed by atoms with Gasteiger partial charge in [-0.1, -0.05) is 12.1 Å². The van der Waals surface area contributed by atoms with Gasteiger partial charge in [0.1, 0.15) is 0 Å². The third-order valence-electron chi connectivity index (χ3n) is 2.22. The van der Waals surface area contributed by atoms with Gasteiger partial charge in [-0.3, -0.25) is 0 Å². The minimum absolute atomic E-state index is 0.201. The van der Waals surface area contributed by atoms with Crippen molar-refractivity contribution >= 4 is 0 Å². The van der Waals surface area contributed by atoms with E-state index in [0.717, 1.165) is 5.56 Å². The molecule has 0 spiro atoms. The number of aromatic nitrogens is 1. The van der Waals surface area contributed by atoms with Crippen molar-refractivity contribution in [3.63, 3.8) is 0 Å². The molecule has 0 fully saturated rings. The van der Waals surface area contributed by atoms with Crippen LogP contribution in [0.5, 0.6) is 17.4 Å². The Bertz CT molecular complexity index is 529. The van der Waals surface area contributed by atoms with Crippen LogP contribution in [0.1, 0.15) is 5.56 Å². The summed E-state index contributed by atoms with van der Waals surface area (Å²) in [7, 11) is 1.56. The van der Waals surface area contributed by atoms with Gasteiger partial charge in [0, 0.05) is 6.07 Å². The molecule has 2 rings (SSSR count). The van der Waals surface area contributed by atoms with Gasteiger partial charge in [-0.2, -0.15) is 9.37 Å². The van der Waals surface area contributed by atoms with Gasteiger partial charge in [-0.05, 0) is 30.7 Å². The van der Waals surface area contributed by atoms with Crippen LogP contribution >= 0.6 is 0 Å². The van der Waals surface area contributed by atoms with Crippen molar-refractivity contribution in [3.8, 4) is 17.4 Å². The van der Waals surface area contributed by atoms with Crippen molar-refractivity contribution in [1.29, 1.82) is 0 Å². The highest BCUT2D eigenvalue weighted by Gasteiger charge is 2.06. The van der Waals surface area contributed by atoms with Gasteiger partial charge in [-0.15, -0.1) is 0 Å². The first-order chi connectivity index (χ1) is 8.19. The van der Waals surface area contributed by atoms with Crippen LogP contribution in [0.3, 0.4) is 0 Å². The molecule has 88 valence electrons. The summed E-state index contributed by atoms with van der Waals surface area (Å²) in [6.07, 6.45) is 0. The quantitative estimate of drug-likeness (QED) is 0.762. The Hall–Kier alpha value is -2.10. The van der Waals surface area contributed by atoms with E-state index in [2.05, 4.69) is 4.98 Å². The Balaban J connectivity index is 2.29. The van der Waals surface area contributed by atoms with Crippen molar-refractivity contribution in [2.45, 2.75) is 6.92 Å². The number of ether oxygens (including phenoxy) is 2. The summed E-state index contributed by atoms with van der Waals surface area (Å²) in [4.78, 5) is 3.62. The van der Waals surface area contributed by atoms with Crippen LogP contribution in [0.2, 0.25) is 0 Å². The molecule has 0 bridgehead atoms. The number of pyridine rings is 1. The summed E-state index contributed by atoms with van der Waals surface area (Å²) >= 11 is 0. The van der Waals surface area contributed by atoms with Crippen LogP contribution in [-0.4, -0.2) is 12.1 Å². The van der Waals surface area contributed by atoms with Crippen molar-refractivity contribution in [2.75, 3.05) is 7.11 Å². The SMILES string of the molecule is COc1cc(C)ccc1Oc1cccc(F)n1. The smallest absolute Gasteiger partial charge is 0.222 e. The Morgan fingerprint density at radius 2 is 1.94 bits per heavy atom. The van der Waals surface area contributed by atoms with E-state index < -0.39 is 5.95 Å². The fourth-order valence-electron chi connectivity index (χ4n) is 1.42. The number of methoxy groups -OCH3 is 1. The van der Waals surface area contributed by atoms with Gasteiger partial charge in [0.25, 0.3) is 0 Å². The van der Waals surface area contributed by atoms with E-state index in [4.69, 9.17) is 9.47 Å². The molecule has 0 saturated heterocycles. The van der Waals surface area contributed by atoms with Crippen LogP contribution in [-0.2, 0) is 0 Å². The van der Waals surface area contributed by atoms with Gasteiger partial charge in [0.15, 0.2) is 11.5 Å². The van der Waals surface area contributed by atoms with E-state index in [1.807, 2.05) is 19.1 Å². The Kier molecular flexibility index (Phi) is 3.23. The monoisotopic (exact) mass is 233 g/mol. The van der Waals surface area contributed by atoms with Gasteiger partial charge in [0.05, 0.1) is 7.11 Å². The first-order valence-electron chi connectivity index (χ1n) is 5.14. The zero-order chi connectivity index (χ0) is 12.3. The molecule has 1 aromatic heterocycles. The predicted molar refractivity (Wildman–Crippen MR) is 62.0 cm³/mol. The fourth-order valence-corrected chi connectivity index (χ4v) is 1.42. The molecular weight excluding hydrogens is 221 g/mol. The number of hydrogen-bond acceptors (Lipinski definition) is 3. The van der Waals surface area contributed by atoms with Crippen molar-refractivity contribution in [3.05, 3.63) is 47.9 Å². The average molecular weight is 233 g/mol. The lowest BCUT2D eigenvalue weighted by Gasteiger charge is -2.09. The molecule has 0 aliphatic heterocycles. The number of nitrogens with zero attached hydrogens (tertiary/aromatic N) is 1. The molecule has 0 saturated carbocycles. The summed E-state index contributed by atoms with van der Waals surface area (Å²) < 4.78 is 23.5. The second-order valence-corrected chi connectivity index (χ2v) is 3.55. The predicted octanol–water partition coefficient (Wildman–Crippen LogP) is 3.33. The van der Waals surface area contributed by atoms with Gasteiger partial charge in [0.2, 0.25) is 11.8 Å². The lowest BCUT2D eigenvalue weighted by Crippen LogP contribution is -1.93.